The van der Waals surface area contributed by atoms with Crippen LogP contribution in [0.25, 0.3) is 0 Å². The van der Waals surface area contributed by atoms with Crippen LogP contribution in [0.3, 0.4) is 0 Å². The zero-order chi connectivity index (χ0) is 28.3. The monoisotopic (exact) mass is 544 g/mol. The fourth-order valence-corrected chi connectivity index (χ4v) is 5.77. The summed E-state index contributed by atoms with van der Waals surface area (Å²) in [5, 5.41) is 35.3. The van der Waals surface area contributed by atoms with Crippen LogP contribution in [0.4, 0.5) is 0 Å². The number of rotatable bonds is 8. The van der Waals surface area contributed by atoms with Crippen molar-refractivity contribution in [2.45, 2.75) is 36.3 Å². The molecule has 0 spiro atoms. The van der Waals surface area contributed by atoms with E-state index in [1.807, 2.05) is 146 Å². The lowest BCUT2D eigenvalue weighted by molar-refractivity contribution is -0.110. The van der Waals surface area contributed by atoms with E-state index >= 15 is 0 Å². The molecule has 0 amide bonds. The molecule has 6 rings (SSSR count). The summed E-state index contributed by atoms with van der Waals surface area (Å²) in [6.07, 6.45) is -2.98. The molecule has 0 bridgehead atoms. The summed E-state index contributed by atoms with van der Waals surface area (Å²) in [5.74, 6) is 0. The average molecular weight is 545 g/mol. The van der Waals surface area contributed by atoms with Crippen LogP contribution in [0.15, 0.2) is 146 Å². The first kappa shape index (κ1) is 27.1. The molecule has 3 N–H and O–H groups in total. The van der Waals surface area contributed by atoms with Gasteiger partial charge in [-0.05, 0) is 27.8 Å². The quantitative estimate of drug-likeness (QED) is 0.229. The van der Waals surface area contributed by atoms with Crippen molar-refractivity contribution in [3.8, 4) is 0 Å². The third kappa shape index (κ3) is 4.88. The Morgan fingerprint density at radius 3 is 1.07 bits per heavy atom. The summed E-state index contributed by atoms with van der Waals surface area (Å²) >= 11 is 0. The largest absolute Gasteiger partial charge is 0.392 e. The predicted octanol–water partition coefficient (Wildman–Crippen LogP) is 5.83. The zero-order valence-electron chi connectivity index (χ0n) is 22.5. The Balaban J connectivity index is 1.58. The van der Waals surface area contributed by atoms with Crippen LogP contribution in [0.1, 0.15) is 39.7 Å². The molecule has 1 aliphatic rings. The van der Waals surface area contributed by atoms with Crippen LogP contribution in [0, 0.1) is 0 Å². The van der Waals surface area contributed by atoms with E-state index in [4.69, 9.17) is 9.47 Å². The molecular weight excluding hydrogens is 512 g/mol. The van der Waals surface area contributed by atoms with Gasteiger partial charge in [0.2, 0.25) is 0 Å². The Morgan fingerprint density at radius 1 is 0.463 bits per heavy atom. The van der Waals surface area contributed by atoms with Gasteiger partial charge in [-0.15, -0.1) is 0 Å². The van der Waals surface area contributed by atoms with E-state index in [1.54, 1.807) is 0 Å². The van der Waals surface area contributed by atoms with Gasteiger partial charge in [-0.3, -0.25) is 0 Å². The van der Waals surface area contributed by atoms with Crippen LogP contribution in [-0.2, 0) is 27.3 Å². The molecule has 206 valence electrons. The minimum absolute atomic E-state index is 0.0819. The van der Waals surface area contributed by atoms with Gasteiger partial charge in [0.1, 0.15) is 23.4 Å². The summed E-state index contributed by atoms with van der Waals surface area (Å²) in [5.41, 5.74) is 0.550. The average Bonchev–Trinajstić information content (AvgIpc) is 3.52. The highest BCUT2D eigenvalue weighted by atomic mass is 16.7. The van der Waals surface area contributed by atoms with Crippen LogP contribution in [0.5, 0.6) is 0 Å². The molecule has 5 heteroatoms. The molecule has 5 aromatic rings. The van der Waals surface area contributed by atoms with Crippen LogP contribution >= 0.6 is 0 Å². The Hall–Kier alpha value is -4.10. The summed E-state index contributed by atoms with van der Waals surface area (Å²) < 4.78 is 13.4. The highest BCUT2D eigenvalue weighted by molar-refractivity contribution is 5.43. The predicted molar refractivity (Wildman–Crippen MR) is 157 cm³/mol. The molecule has 0 unspecified atom stereocenters. The lowest BCUT2D eigenvalue weighted by Crippen LogP contribution is -2.54. The number of aliphatic hydroxyl groups is 3. The Morgan fingerprint density at radius 2 is 0.780 bits per heavy atom. The van der Waals surface area contributed by atoms with Gasteiger partial charge in [-0.2, -0.15) is 0 Å². The van der Waals surface area contributed by atoms with Crippen molar-refractivity contribution >= 4 is 0 Å². The molecule has 0 aromatic heterocycles. The molecule has 2 atom stereocenters. The van der Waals surface area contributed by atoms with Crippen molar-refractivity contribution in [2.75, 3.05) is 0 Å². The highest BCUT2D eigenvalue weighted by Gasteiger charge is 2.59. The number of benzene rings is 5. The van der Waals surface area contributed by atoms with Gasteiger partial charge < -0.3 is 24.8 Å². The fraction of sp³-hybridized carbons (Fsp3) is 0.167. The Kier molecular flexibility index (Phi) is 7.54. The standard InChI is InChI=1S/C36H32O5/c37-25-26-21-23-27(24-22-26)34-40-32(35(38,28-13-5-1-6-14-28)29-15-7-2-8-16-29)33(41-34)36(39,30-17-9-3-10-18-30)31-19-11-4-12-20-31/h1-24,32-34,37-39H,25H2/t32-,33-/m1/s1. The summed E-state index contributed by atoms with van der Waals surface area (Å²) in [6, 6.07) is 44.8. The van der Waals surface area contributed by atoms with Gasteiger partial charge in [-0.25, -0.2) is 0 Å². The number of hydrogen-bond acceptors (Lipinski definition) is 5. The molecular formula is C36H32O5. The molecule has 5 aromatic carbocycles. The smallest absolute Gasteiger partial charge is 0.185 e. The van der Waals surface area contributed by atoms with Gasteiger partial charge in [0, 0.05) is 5.56 Å². The van der Waals surface area contributed by atoms with Gasteiger partial charge in [-0.1, -0.05) is 146 Å². The lowest BCUT2D eigenvalue weighted by atomic mass is 9.72. The van der Waals surface area contributed by atoms with Gasteiger partial charge >= 0.3 is 0 Å². The lowest BCUT2D eigenvalue weighted by Gasteiger charge is -2.42. The molecule has 1 aliphatic heterocycles. The SMILES string of the molecule is OCc1ccc(C2O[C@@H](C(O)(c3ccccc3)c3ccccc3)[C@H](C(O)(c3ccccc3)c3ccccc3)O2)cc1. The molecule has 0 radical (unpaired) electrons. The maximum absolute atomic E-state index is 12.9. The van der Waals surface area contributed by atoms with Gasteiger partial charge in [0.15, 0.2) is 6.29 Å². The Bertz CT molecular complexity index is 1360. The Labute approximate surface area is 239 Å². The van der Waals surface area contributed by atoms with E-state index < -0.39 is 29.7 Å². The molecule has 0 saturated carbocycles. The van der Waals surface area contributed by atoms with Crippen molar-refractivity contribution in [1.82, 2.24) is 0 Å². The number of ether oxygens (including phenoxy) is 2. The topological polar surface area (TPSA) is 79.2 Å². The molecule has 0 aliphatic carbocycles. The first-order chi connectivity index (χ1) is 20.0. The third-order valence-corrected chi connectivity index (χ3v) is 7.93. The summed E-state index contributed by atoms with van der Waals surface area (Å²) in [6.45, 7) is -0.0819. The second-order valence-electron chi connectivity index (χ2n) is 10.3. The first-order valence-electron chi connectivity index (χ1n) is 13.7. The van der Waals surface area contributed by atoms with Gasteiger partial charge in [0.05, 0.1) is 6.61 Å². The maximum Gasteiger partial charge on any atom is 0.185 e. The van der Waals surface area contributed by atoms with E-state index in [9.17, 15) is 15.3 Å². The third-order valence-electron chi connectivity index (χ3n) is 7.93. The molecule has 5 nitrogen and oxygen atoms in total. The van der Waals surface area contributed by atoms with E-state index in [2.05, 4.69) is 0 Å². The molecule has 41 heavy (non-hydrogen) atoms. The van der Waals surface area contributed by atoms with E-state index in [-0.39, 0.29) is 6.61 Å². The second kappa shape index (κ2) is 11.4. The van der Waals surface area contributed by atoms with E-state index in [0.29, 0.717) is 27.8 Å². The van der Waals surface area contributed by atoms with Crippen LogP contribution < -0.4 is 0 Å². The number of aliphatic hydroxyl groups excluding tert-OH is 1. The second-order valence-corrected chi connectivity index (χ2v) is 10.3. The fourth-order valence-electron chi connectivity index (χ4n) is 5.77. The normalized spacial score (nSPS) is 17.9. The highest BCUT2D eigenvalue weighted by Crippen LogP contribution is 2.50. The van der Waals surface area contributed by atoms with Crippen molar-refractivity contribution in [3.05, 3.63) is 179 Å². The van der Waals surface area contributed by atoms with E-state index in [1.165, 1.54) is 0 Å². The molecule has 1 heterocycles. The minimum atomic E-state index is -1.69. The van der Waals surface area contributed by atoms with Crippen molar-refractivity contribution in [1.29, 1.82) is 0 Å². The van der Waals surface area contributed by atoms with Gasteiger partial charge in [0.25, 0.3) is 0 Å². The van der Waals surface area contributed by atoms with E-state index in [0.717, 1.165) is 5.56 Å². The molecule has 1 fully saturated rings. The van der Waals surface area contributed by atoms with Crippen molar-refractivity contribution in [3.63, 3.8) is 0 Å². The van der Waals surface area contributed by atoms with Crippen molar-refractivity contribution in [2.24, 2.45) is 0 Å². The van der Waals surface area contributed by atoms with Crippen LogP contribution in [0.2, 0.25) is 0 Å². The maximum atomic E-state index is 12.9. The minimum Gasteiger partial charge on any atom is -0.392 e. The van der Waals surface area contributed by atoms with Crippen molar-refractivity contribution < 1.29 is 24.8 Å². The van der Waals surface area contributed by atoms with Crippen LogP contribution in [-0.4, -0.2) is 27.5 Å². The summed E-state index contributed by atoms with van der Waals surface area (Å²) in [4.78, 5) is 0. The number of hydrogen-bond donors (Lipinski definition) is 3. The molecule has 1 saturated heterocycles. The first-order valence-corrected chi connectivity index (χ1v) is 13.7. The summed E-state index contributed by atoms with van der Waals surface area (Å²) in [7, 11) is 0. The zero-order valence-corrected chi connectivity index (χ0v) is 22.5.